The third kappa shape index (κ3) is 4.43. The predicted molar refractivity (Wildman–Crippen MR) is 103 cm³/mol. The van der Waals surface area contributed by atoms with Crippen molar-refractivity contribution < 1.29 is 19.2 Å². The molecule has 0 atom stereocenters. The van der Waals surface area contributed by atoms with Gasteiger partial charge in [0.15, 0.2) is 0 Å². The number of nitrogens with zero attached hydrogens (tertiary/aromatic N) is 3. The lowest BCUT2D eigenvalue weighted by atomic mass is 9.94. The first-order valence-corrected chi connectivity index (χ1v) is 9.91. The fraction of sp³-hybridized carbons (Fsp3) is 0.600. The van der Waals surface area contributed by atoms with Crippen molar-refractivity contribution >= 4 is 17.5 Å². The van der Waals surface area contributed by atoms with Crippen LogP contribution in [0, 0.1) is 16.0 Å². The van der Waals surface area contributed by atoms with Gasteiger partial charge in [0.1, 0.15) is 5.75 Å². The molecule has 0 spiro atoms. The van der Waals surface area contributed by atoms with Crippen LogP contribution in [0.1, 0.15) is 48.9 Å². The fourth-order valence-electron chi connectivity index (χ4n) is 4.03. The highest BCUT2D eigenvalue weighted by Gasteiger charge is 2.32. The third-order valence-corrected chi connectivity index (χ3v) is 5.67. The number of nitro benzene ring substituents is 1. The van der Waals surface area contributed by atoms with E-state index in [0.29, 0.717) is 31.7 Å². The van der Waals surface area contributed by atoms with Gasteiger partial charge in [-0.15, -0.1) is 0 Å². The number of rotatable bonds is 4. The summed E-state index contributed by atoms with van der Waals surface area (Å²) in [5.41, 5.74) is 0.0457. The summed E-state index contributed by atoms with van der Waals surface area (Å²) in [6.07, 6.45) is 5.74. The van der Waals surface area contributed by atoms with Crippen molar-refractivity contribution in [1.29, 1.82) is 0 Å². The summed E-state index contributed by atoms with van der Waals surface area (Å²) >= 11 is 0. The quantitative estimate of drug-likeness (QED) is 0.583. The molecular weight excluding hydrogens is 362 g/mol. The second kappa shape index (κ2) is 9.03. The number of methoxy groups -OCH3 is 1. The second-order valence-electron chi connectivity index (χ2n) is 7.45. The number of piperidine rings is 1. The van der Waals surface area contributed by atoms with Gasteiger partial charge >= 0.3 is 0 Å². The summed E-state index contributed by atoms with van der Waals surface area (Å²) in [6.45, 7) is 2.61. The van der Waals surface area contributed by atoms with Crippen LogP contribution in [0.5, 0.6) is 5.75 Å². The number of hydrogen-bond donors (Lipinski definition) is 0. The van der Waals surface area contributed by atoms with E-state index in [1.807, 2.05) is 4.90 Å². The van der Waals surface area contributed by atoms with E-state index in [2.05, 4.69) is 0 Å². The first-order chi connectivity index (χ1) is 13.5. The summed E-state index contributed by atoms with van der Waals surface area (Å²) < 4.78 is 5.21. The highest BCUT2D eigenvalue weighted by Crippen LogP contribution is 2.28. The van der Waals surface area contributed by atoms with E-state index in [0.717, 1.165) is 25.9 Å². The van der Waals surface area contributed by atoms with E-state index >= 15 is 0 Å². The highest BCUT2D eigenvalue weighted by atomic mass is 16.6. The van der Waals surface area contributed by atoms with E-state index in [-0.39, 0.29) is 29.0 Å². The van der Waals surface area contributed by atoms with Gasteiger partial charge in [-0.3, -0.25) is 19.7 Å². The zero-order valence-corrected chi connectivity index (χ0v) is 16.3. The lowest BCUT2D eigenvalue weighted by molar-refractivity contribution is -0.384. The molecule has 0 unspecified atom stereocenters. The Morgan fingerprint density at radius 1 is 1.04 bits per heavy atom. The van der Waals surface area contributed by atoms with Gasteiger partial charge in [0.05, 0.1) is 17.6 Å². The Labute approximate surface area is 164 Å². The molecule has 28 heavy (non-hydrogen) atoms. The Morgan fingerprint density at radius 3 is 2.25 bits per heavy atom. The minimum Gasteiger partial charge on any atom is -0.496 e. The van der Waals surface area contributed by atoms with E-state index in [1.54, 1.807) is 4.90 Å². The molecule has 2 amide bonds. The molecule has 2 saturated heterocycles. The van der Waals surface area contributed by atoms with Gasteiger partial charge < -0.3 is 14.5 Å². The van der Waals surface area contributed by atoms with Crippen molar-refractivity contribution in [3.8, 4) is 5.75 Å². The minimum atomic E-state index is -0.525. The molecule has 8 nitrogen and oxygen atoms in total. The van der Waals surface area contributed by atoms with Crippen molar-refractivity contribution in [2.75, 3.05) is 33.3 Å². The van der Waals surface area contributed by atoms with Crippen LogP contribution < -0.4 is 4.74 Å². The van der Waals surface area contributed by atoms with Crippen molar-refractivity contribution in [1.82, 2.24) is 9.80 Å². The molecule has 152 valence electrons. The standard InChI is InChI=1S/C20H27N3O5/c1-28-18-7-6-16(23(26)27)14-17(18)20(25)22-12-8-15(9-13-22)19(24)21-10-4-2-3-5-11-21/h6-7,14-15H,2-5,8-13H2,1H3. The summed E-state index contributed by atoms with van der Waals surface area (Å²) in [5.74, 6) is 0.190. The molecule has 0 bridgehead atoms. The van der Waals surface area contributed by atoms with Crippen LogP contribution in [0.15, 0.2) is 18.2 Å². The first kappa shape index (κ1) is 20.1. The van der Waals surface area contributed by atoms with Crippen LogP contribution >= 0.6 is 0 Å². The Kier molecular flexibility index (Phi) is 6.49. The summed E-state index contributed by atoms with van der Waals surface area (Å²) in [4.78, 5) is 39.9. The molecule has 0 aromatic heterocycles. The maximum absolute atomic E-state index is 12.9. The van der Waals surface area contributed by atoms with Crippen LogP contribution in [0.3, 0.4) is 0 Å². The minimum absolute atomic E-state index is 0.0471. The third-order valence-electron chi connectivity index (χ3n) is 5.67. The molecule has 2 heterocycles. The molecule has 2 aliphatic rings. The highest BCUT2D eigenvalue weighted by molar-refractivity contribution is 5.97. The summed E-state index contributed by atoms with van der Waals surface area (Å²) in [6, 6.07) is 4.03. The van der Waals surface area contributed by atoms with Gasteiger partial charge in [-0.25, -0.2) is 0 Å². The van der Waals surface area contributed by atoms with E-state index in [1.165, 1.54) is 38.2 Å². The number of carbonyl (C=O) groups is 2. The monoisotopic (exact) mass is 389 g/mol. The molecule has 2 fully saturated rings. The number of nitro groups is 1. The SMILES string of the molecule is COc1ccc([N+](=O)[O-])cc1C(=O)N1CCC(C(=O)N2CCCCCC2)CC1. The van der Waals surface area contributed by atoms with Crippen molar-refractivity contribution in [2.24, 2.45) is 5.92 Å². The summed E-state index contributed by atoms with van der Waals surface area (Å²) in [5, 5.41) is 11.0. The Morgan fingerprint density at radius 2 is 1.68 bits per heavy atom. The normalized spacial score (nSPS) is 18.5. The predicted octanol–water partition coefficient (Wildman–Crippen LogP) is 2.86. The molecule has 0 aliphatic carbocycles. The van der Waals surface area contributed by atoms with Gasteiger partial charge in [-0.2, -0.15) is 0 Å². The molecule has 1 aromatic carbocycles. The van der Waals surface area contributed by atoms with Crippen LogP contribution in [-0.4, -0.2) is 59.8 Å². The van der Waals surface area contributed by atoms with Crippen LogP contribution in [-0.2, 0) is 4.79 Å². The van der Waals surface area contributed by atoms with Gasteiger partial charge in [0.25, 0.3) is 11.6 Å². The Balaban J connectivity index is 1.64. The molecule has 1 aromatic rings. The van der Waals surface area contributed by atoms with Crippen LogP contribution in [0.2, 0.25) is 0 Å². The number of carbonyl (C=O) groups excluding carboxylic acids is 2. The maximum atomic E-state index is 12.9. The number of ether oxygens (including phenoxy) is 1. The van der Waals surface area contributed by atoms with Gasteiger partial charge in [-0.1, -0.05) is 12.8 Å². The van der Waals surface area contributed by atoms with E-state index < -0.39 is 4.92 Å². The molecule has 8 heteroatoms. The zero-order chi connectivity index (χ0) is 20.1. The second-order valence-corrected chi connectivity index (χ2v) is 7.45. The fourth-order valence-corrected chi connectivity index (χ4v) is 4.03. The molecule has 0 radical (unpaired) electrons. The largest absolute Gasteiger partial charge is 0.496 e. The topological polar surface area (TPSA) is 93.0 Å². The Bertz CT molecular complexity index is 735. The van der Waals surface area contributed by atoms with Gasteiger partial charge in [0, 0.05) is 44.2 Å². The van der Waals surface area contributed by atoms with E-state index in [9.17, 15) is 19.7 Å². The lowest BCUT2D eigenvalue weighted by Crippen LogP contribution is -2.44. The molecule has 3 rings (SSSR count). The lowest BCUT2D eigenvalue weighted by Gasteiger charge is -2.34. The van der Waals surface area contributed by atoms with Crippen LogP contribution in [0.4, 0.5) is 5.69 Å². The van der Waals surface area contributed by atoms with Crippen molar-refractivity contribution in [2.45, 2.75) is 38.5 Å². The molecular formula is C20H27N3O5. The van der Waals surface area contributed by atoms with Crippen molar-refractivity contribution in [3.05, 3.63) is 33.9 Å². The summed E-state index contributed by atoms with van der Waals surface area (Å²) in [7, 11) is 1.43. The first-order valence-electron chi connectivity index (χ1n) is 9.91. The average molecular weight is 389 g/mol. The Hall–Kier alpha value is -2.64. The van der Waals surface area contributed by atoms with Crippen molar-refractivity contribution in [3.63, 3.8) is 0 Å². The van der Waals surface area contributed by atoms with Crippen LogP contribution in [0.25, 0.3) is 0 Å². The number of benzene rings is 1. The number of likely N-dealkylation sites (tertiary alicyclic amines) is 2. The van der Waals surface area contributed by atoms with E-state index in [4.69, 9.17) is 4.74 Å². The number of amides is 2. The zero-order valence-electron chi connectivity index (χ0n) is 16.3. The molecule has 0 saturated carbocycles. The maximum Gasteiger partial charge on any atom is 0.270 e. The molecule has 0 N–H and O–H groups in total. The molecule has 2 aliphatic heterocycles. The van der Waals surface area contributed by atoms with Gasteiger partial charge in [0.2, 0.25) is 5.91 Å². The number of hydrogen-bond acceptors (Lipinski definition) is 5. The van der Waals surface area contributed by atoms with Gasteiger partial charge in [-0.05, 0) is 31.7 Å². The average Bonchev–Trinajstić information content (AvgIpc) is 3.02. The smallest absolute Gasteiger partial charge is 0.270 e. The number of non-ortho nitro benzene ring substituents is 1.